The van der Waals surface area contributed by atoms with Crippen LogP contribution in [0.3, 0.4) is 0 Å². The second kappa shape index (κ2) is 5.26. The van der Waals surface area contributed by atoms with E-state index in [2.05, 4.69) is 15.4 Å². The molecule has 1 atom stereocenters. The summed E-state index contributed by atoms with van der Waals surface area (Å²) in [4.78, 5) is 13.6. The molecule has 0 aliphatic carbocycles. The van der Waals surface area contributed by atoms with Crippen LogP contribution in [0.2, 0.25) is 0 Å². The fraction of sp³-hybridized carbons (Fsp3) is 0.400. The lowest BCUT2D eigenvalue weighted by Crippen LogP contribution is -2.26. The van der Waals surface area contributed by atoms with Crippen LogP contribution in [0.4, 0.5) is 0 Å². The summed E-state index contributed by atoms with van der Waals surface area (Å²) in [5.41, 5.74) is 7.88. The van der Waals surface area contributed by atoms with Crippen molar-refractivity contribution in [3.8, 4) is 0 Å². The van der Waals surface area contributed by atoms with Crippen molar-refractivity contribution in [2.24, 2.45) is 12.8 Å². The number of rotatable bonds is 5. The zero-order valence-electron chi connectivity index (χ0n) is 9.51. The summed E-state index contributed by atoms with van der Waals surface area (Å²) in [5, 5.41) is 9.08. The molecular formula is C10H15N5OS. The third kappa shape index (κ3) is 3.26. The summed E-state index contributed by atoms with van der Waals surface area (Å²) >= 11 is 1.17. The third-order valence-corrected chi connectivity index (χ3v) is 3.12. The van der Waals surface area contributed by atoms with Crippen LogP contribution in [0.25, 0.3) is 0 Å². The van der Waals surface area contributed by atoms with E-state index in [9.17, 15) is 4.79 Å². The van der Waals surface area contributed by atoms with Gasteiger partial charge in [0.15, 0.2) is 0 Å². The van der Waals surface area contributed by atoms with Crippen molar-refractivity contribution in [1.29, 1.82) is 0 Å². The fourth-order valence-corrected chi connectivity index (χ4v) is 2.09. The predicted octanol–water partition coefficient (Wildman–Crippen LogP) is -0.0405. The fourth-order valence-electron chi connectivity index (χ4n) is 1.51. The highest BCUT2D eigenvalue weighted by Crippen LogP contribution is 2.07. The Balaban J connectivity index is 1.80. The van der Waals surface area contributed by atoms with Gasteiger partial charge in [-0.1, -0.05) is 11.3 Å². The second-order valence-electron chi connectivity index (χ2n) is 3.86. The van der Waals surface area contributed by atoms with Crippen LogP contribution >= 0.6 is 11.3 Å². The van der Waals surface area contributed by atoms with Crippen LogP contribution in [-0.2, 0) is 13.6 Å². The SMILES string of the molecule is Cn1cc(C(N)CNCc2csc(=O)[nH]2)cn1. The highest BCUT2D eigenvalue weighted by Gasteiger charge is 2.07. The van der Waals surface area contributed by atoms with E-state index < -0.39 is 0 Å². The number of aryl methyl sites for hydroxylation is 1. The Labute approximate surface area is 102 Å². The van der Waals surface area contributed by atoms with E-state index in [1.54, 1.807) is 10.9 Å². The zero-order valence-corrected chi connectivity index (χ0v) is 10.3. The molecule has 0 amide bonds. The molecule has 17 heavy (non-hydrogen) atoms. The first-order chi connectivity index (χ1) is 8.15. The molecule has 2 rings (SSSR count). The van der Waals surface area contributed by atoms with Crippen molar-refractivity contribution in [1.82, 2.24) is 20.1 Å². The van der Waals surface area contributed by atoms with E-state index in [-0.39, 0.29) is 10.9 Å². The number of hydrogen-bond acceptors (Lipinski definition) is 5. The highest BCUT2D eigenvalue weighted by atomic mass is 32.1. The smallest absolute Gasteiger partial charge is 0.304 e. The molecule has 7 heteroatoms. The van der Waals surface area contributed by atoms with Crippen molar-refractivity contribution in [3.63, 3.8) is 0 Å². The molecule has 92 valence electrons. The molecule has 2 aromatic rings. The summed E-state index contributed by atoms with van der Waals surface area (Å²) in [6, 6.07) is -0.0888. The summed E-state index contributed by atoms with van der Waals surface area (Å²) in [6.07, 6.45) is 3.66. The number of nitrogens with two attached hydrogens (primary N) is 1. The minimum absolute atomic E-state index is 0.0293. The lowest BCUT2D eigenvalue weighted by Gasteiger charge is -2.09. The van der Waals surface area contributed by atoms with Gasteiger partial charge in [0.1, 0.15) is 0 Å². The van der Waals surface area contributed by atoms with Crippen molar-refractivity contribution in [2.75, 3.05) is 6.54 Å². The Kier molecular flexibility index (Phi) is 3.72. The first-order valence-electron chi connectivity index (χ1n) is 5.26. The lowest BCUT2D eigenvalue weighted by atomic mass is 10.2. The molecule has 0 fully saturated rings. The number of aromatic nitrogens is 3. The Morgan fingerprint density at radius 3 is 3.12 bits per heavy atom. The van der Waals surface area contributed by atoms with Gasteiger partial charge in [-0.05, 0) is 0 Å². The molecular weight excluding hydrogens is 238 g/mol. The average Bonchev–Trinajstić information content (AvgIpc) is 2.88. The van der Waals surface area contributed by atoms with Crippen molar-refractivity contribution >= 4 is 11.3 Å². The van der Waals surface area contributed by atoms with Gasteiger partial charge in [-0.15, -0.1) is 0 Å². The molecule has 0 saturated carbocycles. The molecule has 0 aliphatic rings. The molecule has 2 heterocycles. The van der Waals surface area contributed by atoms with Gasteiger partial charge in [-0.3, -0.25) is 9.48 Å². The molecule has 1 unspecified atom stereocenters. The van der Waals surface area contributed by atoms with Gasteiger partial charge >= 0.3 is 4.87 Å². The number of nitrogens with zero attached hydrogens (tertiary/aromatic N) is 2. The molecule has 0 bridgehead atoms. The quantitative estimate of drug-likeness (QED) is 0.697. The topological polar surface area (TPSA) is 88.7 Å². The molecule has 2 aromatic heterocycles. The number of thiazole rings is 1. The number of nitrogens with one attached hydrogen (secondary N) is 2. The Hall–Kier alpha value is -1.44. The summed E-state index contributed by atoms with van der Waals surface area (Å²) in [6.45, 7) is 1.26. The van der Waals surface area contributed by atoms with Gasteiger partial charge in [-0.25, -0.2) is 0 Å². The maximum atomic E-state index is 10.9. The Morgan fingerprint density at radius 2 is 2.53 bits per heavy atom. The molecule has 0 saturated heterocycles. The number of hydrogen-bond donors (Lipinski definition) is 3. The minimum Gasteiger partial charge on any atom is -0.323 e. The van der Waals surface area contributed by atoms with E-state index in [4.69, 9.17) is 5.73 Å². The monoisotopic (exact) mass is 253 g/mol. The third-order valence-electron chi connectivity index (χ3n) is 2.40. The average molecular weight is 253 g/mol. The zero-order chi connectivity index (χ0) is 12.3. The van der Waals surface area contributed by atoms with Gasteiger partial charge in [-0.2, -0.15) is 5.10 Å². The standard InChI is InChI=1S/C10H15N5OS/c1-15-5-7(2-13-15)9(11)4-12-3-8-6-17-10(16)14-8/h2,5-6,9,12H,3-4,11H2,1H3,(H,14,16). The van der Waals surface area contributed by atoms with Crippen LogP contribution in [-0.4, -0.2) is 21.3 Å². The predicted molar refractivity (Wildman–Crippen MR) is 66.8 cm³/mol. The van der Waals surface area contributed by atoms with Crippen molar-refractivity contribution < 1.29 is 0 Å². The van der Waals surface area contributed by atoms with Gasteiger partial charge in [0, 0.05) is 49.0 Å². The Morgan fingerprint density at radius 1 is 1.71 bits per heavy atom. The van der Waals surface area contributed by atoms with Gasteiger partial charge in [0.2, 0.25) is 0 Å². The first-order valence-corrected chi connectivity index (χ1v) is 6.14. The first kappa shape index (κ1) is 12.0. The van der Waals surface area contributed by atoms with Crippen LogP contribution in [0.5, 0.6) is 0 Å². The maximum Gasteiger partial charge on any atom is 0.304 e. The van der Waals surface area contributed by atoms with Crippen molar-refractivity contribution in [2.45, 2.75) is 12.6 Å². The van der Waals surface area contributed by atoms with Crippen molar-refractivity contribution in [3.05, 3.63) is 38.7 Å². The van der Waals surface area contributed by atoms with Gasteiger partial charge < -0.3 is 16.0 Å². The molecule has 0 aliphatic heterocycles. The Bertz CT molecular complexity index is 529. The van der Waals surface area contributed by atoms with E-state index in [0.29, 0.717) is 13.1 Å². The molecule has 0 aromatic carbocycles. The molecule has 4 N–H and O–H groups in total. The van der Waals surface area contributed by atoms with E-state index in [1.807, 2.05) is 18.6 Å². The van der Waals surface area contributed by atoms with Crippen LogP contribution in [0.1, 0.15) is 17.3 Å². The van der Waals surface area contributed by atoms with Gasteiger partial charge in [0.25, 0.3) is 0 Å². The summed E-state index contributed by atoms with van der Waals surface area (Å²) in [7, 11) is 1.86. The molecule has 0 radical (unpaired) electrons. The van der Waals surface area contributed by atoms with Gasteiger partial charge in [0.05, 0.1) is 6.20 Å². The van der Waals surface area contributed by atoms with E-state index in [0.717, 1.165) is 11.3 Å². The number of aromatic amines is 1. The van der Waals surface area contributed by atoms with Crippen LogP contribution < -0.4 is 15.9 Å². The van der Waals surface area contributed by atoms with E-state index in [1.165, 1.54) is 11.3 Å². The highest BCUT2D eigenvalue weighted by molar-refractivity contribution is 7.07. The molecule has 0 spiro atoms. The van der Waals surface area contributed by atoms with Crippen LogP contribution in [0, 0.1) is 0 Å². The van der Waals surface area contributed by atoms with E-state index >= 15 is 0 Å². The number of H-pyrrole nitrogens is 1. The second-order valence-corrected chi connectivity index (χ2v) is 4.70. The van der Waals surface area contributed by atoms with Crippen LogP contribution in [0.15, 0.2) is 22.6 Å². The largest absolute Gasteiger partial charge is 0.323 e. The normalized spacial score (nSPS) is 12.8. The summed E-state index contributed by atoms with van der Waals surface area (Å²) in [5.74, 6) is 0. The summed E-state index contributed by atoms with van der Waals surface area (Å²) < 4.78 is 1.73. The lowest BCUT2D eigenvalue weighted by molar-refractivity contribution is 0.592. The minimum atomic E-state index is -0.0888. The molecule has 6 nitrogen and oxygen atoms in total. The maximum absolute atomic E-state index is 10.9.